The van der Waals surface area contributed by atoms with Crippen LogP contribution in [-0.2, 0) is 11.8 Å². The van der Waals surface area contributed by atoms with Gasteiger partial charge in [0.2, 0.25) is 0 Å². The minimum absolute atomic E-state index is 0.173. The molecule has 0 aliphatic heterocycles. The van der Waals surface area contributed by atoms with Gasteiger partial charge in [0.25, 0.3) is 0 Å². The predicted molar refractivity (Wildman–Crippen MR) is 72.2 cm³/mol. The molecule has 1 rings (SSSR count). The first-order valence-corrected chi connectivity index (χ1v) is 6.84. The first kappa shape index (κ1) is 13.7. The molecular formula is C13H24N2S. The van der Waals surface area contributed by atoms with E-state index in [0.717, 1.165) is 6.42 Å². The van der Waals surface area contributed by atoms with Gasteiger partial charge in [-0.3, -0.25) is 0 Å². The Bertz CT molecular complexity index is 325. The van der Waals surface area contributed by atoms with Crippen LogP contribution in [0.15, 0.2) is 5.38 Å². The minimum atomic E-state index is 0.173. The van der Waals surface area contributed by atoms with Crippen molar-refractivity contribution >= 4 is 11.3 Å². The van der Waals surface area contributed by atoms with Crippen LogP contribution in [0.25, 0.3) is 0 Å². The molecule has 0 spiro atoms. The van der Waals surface area contributed by atoms with Crippen LogP contribution in [0.5, 0.6) is 0 Å². The molecule has 0 aromatic carbocycles. The molecule has 0 bridgehead atoms. The fourth-order valence-electron chi connectivity index (χ4n) is 1.49. The molecule has 0 amide bonds. The summed E-state index contributed by atoms with van der Waals surface area (Å²) in [6, 6.07) is 0.544. The Balaban J connectivity index is 2.66. The number of rotatable bonds is 4. The summed E-state index contributed by atoms with van der Waals surface area (Å²) in [5.74, 6) is 0.629. The summed E-state index contributed by atoms with van der Waals surface area (Å²) >= 11 is 1.79. The van der Waals surface area contributed by atoms with Gasteiger partial charge in [-0.1, -0.05) is 27.7 Å². The maximum absolute atomic E-state index is 4.73. The predicted octanol–water partition coefficient (Wildman–Crippen LogP) is 3.23. The third-order valence-corrected chi connectivity index (χ3v) is 4.00. The molecule has 1 N–H and O–H groups in total. The van der Waals surface area contributed by atoms with Crippen LogP contribution in [0, 0.1) is 5.92 Å². The van der Waals surface area contributed by atoms with Crippen molar-refractivity contribution in [2.24, 2.45) is 5.92 Å². The second kappa shape index (κ2) is 5.28. The summed E-state index contributed by atoms with van der Waals surface area (Å²) in [6.07, 6.45) is 1.07. The topological polar surface area (TPSA) is 24.9 Å². The van der Waals surface area contributed by atoms with E-state index in [0.29, 0.717) is 12.0 Å². The lowest BCUT2D eigenvalue weighted by molar-refractivity contribution is 0.422. The van der Waals surface area contributed by atoms with Gasteiger partial charge in [0.15, 0.2) is 0 Å². The first-order valence-electron chi connectivity index (χ1n) is 5.96. The summed E-state index contributed by atoms with van der Waals surface area (Å²) < 4.78 is 0. The van der Waals surface area contributed by atoms with Crippen LogP contribution in [0.3, 0.4) is 0 Å². The van der Waals surface area contributed by atoms with Gasteiger partial charge in [-0.05, 0) is 19.9 Å². The minimum Gasteiger partial charge on any atom is -0.317 e. The fraction of sp³-hybridized carbons (Fsp3) is 0.769. The standard InChI is InChI=1S/C13H24N2S/c1-9(10(2)14-6)7-12-15-11(8-16-12)13(3,4)5/h8-10,14H,7H2,1-6H3. The van der Waals surface area contributed by atoms with Gasteiger partial charge < -0.3 is 5.32 Å². The van der Waals surface area contributed by atoms with Gasteiger partial charge in [-0.25, -0.2) is 4.98 Å². The number of nitrogens with one attached hydrogen (secondary N) is 1. The lowest BCUT2D eigenvalue weighted by Crippen LogP contribution is -2.29. The van der Waals surface area contributed by atoms with Crippen LogP contribution in [0.4, 0.5) is 0 Å². The zero-order chi connectivity index (χ0) is 12.3. The maximum Gasteiger partial charge on any atom is 0.0931 e. The smallest absolute Gasteiger partial charge is 0.0931 e. The second-order valence-electron chi connectivity index (χ2n) is 5.64. The van der Waals surface area contributed by atoms with Crippen molar-refractivity contribution in [1.29, 1.82) is 0 Å². The molecule has 0 fully saturated rings. The van der Waals surface area contributed by atoms with E-state index in [1.165, 1.54) is 10.7 Å². The van der Waals surface area contributed by atoms with E-state index >= 15 is 0 Å². The summed E-state index contributed by atoms with van der Waals surface area (Å²) in [5.41, 5.74) is 1.39. The van der Waals surface area contributed by atoms with Crippen LogP contribution in [0.1, 0.15) is 45.3 Å². The Labute approximate surface area is 103 Å². The van der Waals surface area contributed by atoms with Crippen molar-refractivity contribution in [2.45, 2.75) is 52.5 Å². The number of nitrogens with zero attached hydrogens (tertiary/aromatic N) is 1. The molecule has 2 unspecified atom stereocenters. The Morgan fingerprint density at radius 2 is 2.00 bits per heavy atom. The fourth-order valence-corrected chi connectivity index (χ4v) is 2.65. The van der Waals surface area contributed by atoms with Gasteiger partial charge in [-0.15, -0.1) is 11.3 Å². The van der Waals surface area contributed by atoms with Gasteiger partial charge in [0.05, 0.1) is 10.7 Å². The maximum atomic E-state index is 4.73. The molecule has 2 nitrogen and oxygen atoms in total. The summed E-state index contributed by atoms with van der Waals surface area (Å²) in [5, 5.41) is 6.76. The normalized spacial score (nSPS) is 16.1. The Morgan fingerprint density at radius 3 is 2.44 bits per heavy atom. The second-order valence-corrected chi connectivity index (χ2v) is 6.58. The molecule has 1 heterocycles. The van der Waals surface area contributed by atoms with E-state index in [2.05, 4.69) is 45.3 Å². The third kappa shape index (κ3) is 3.56. The molecule has 2 atom stereocenters. The Morgan fingerprint density at radius 1 is 1.38 bits per heavy atom. The van der Waals surface area contributed by atoms with Crippen LogP contribution >= 0.6 is 11.3 Å². The number of thiazole rings is 1. The van der Waals surface area contributed by atoms with Crippen molar-refractivity contribution in [2.75, 3.05) is 7.05 Å². The van der Waals surface area contributed by atoms with E-state index in [4.69, 9.17) is 4.98 Å². The number of hydrogen-bond donors (Lipinski definition) is 1. The summed E-state index contributed by atoms with van der Waals surface area (Å²) in [6.45, 7) is 11.1. The van der Waals surface area contributed by atoms with E-state index in [-0.39, 0.29) is 5.41 Å². The Kier molecular flexibility index (Phi) is 4.51. The highest BCUT2D eigenvalue weighted by molar-refractivity contribution is 7.09. The monoisotopic (exact) mass is 240 g/mol. The zero-order valence-corrected chi connectivity index (χ0v) is 12.1. The van der Waals surface area contributed by atoms with Gasteiger partial charge >= 0.3 is 0 Å². The van der Waals surface area contributed by atoms with Crippen molar-refractivity contribution in [3.63, 3.8) is 0 Å². The van der Waals surface area contributed by atoms with Gasteiger partial charge in [-0.2, -0.15) is 0 Å². The SMILES string of the molecule is CNC(C)C(C)Cc1nc(C(C)(C)C)cs1. The molecule has 0 saturated heterocycles. The molecule has 92 valence electrons. The molecule has 0 saturated carbocycles. The highest BCUT2D eigenvalue weighted by Crippen LogP contribution is 2.25. The largest absolute Gasteiger partial charge is 0.317 e. The van der Waals surface area contributed by atoms with E-state index in [1.54, 1.807) is 11.3 Å². The summed E-state index contributed by atoms with van der Waals surface area (Å²) in [4.78, 5) is 4.73. The van der Waals surface area contributed by atoms with Crippen molar-refractivity contribution in [3.05, 3.63) is 16.1 Å². The van der Waals surface area contributed by atoms with Crippen molar-refractivity contribution in [3.8, 4) is 0 Å². The average molecular weight is 240 g/mol. The highest BCUT2D eigenvalue weighted by atomic mass is 32.1. The van der Waals surface area contributed by atoms with Gasteiger partial charge in [0.1, 0.15) is 0 Å². The molecule has 0 aliphatic carbocycles. The molecule has 0 radical (unpaired) electrons. The lowest BCUT2D eigenvalue weighted by Gasteiger charge is -2.18. The average Bonchev–Trinajstić information content (AvgIpc) is 2.64. The highest BCUT2D eigenvalue weighted by Gasteiger charge is 2.19. The zero-order valence-electron chi connectivity index (χ0n) is 11.3. The quantitative estimate of drug-likeness (QED) is 0.874. The van der Waals surface area contributed by atoms with E-state index < -0.39 is 0 Å². The van der Waals surface area contributed by atoms with E-state index in [9.17, 15) is 0 Å². The molecule has 0 aliphatic rings. The van der Waals surface area contributed by atoms with Crippen LogP contribution < -0.4 is 5.32 Å². The van der Waals surface area contributed by atoms with E-state index in [1.807, 2.05) is 7.05 Å². The van der Waals surface area contributed by atoms with Gasteiger partial charge in [0, 0.05) is 23.3 Å². The lowest BCUT2D eigenvalue weighted by atomic mass is 9.93. The number of hydrogen-bond acceptors (Lipinski definition) is 3. The molecular weight excluding hydrogens is 216 g/mol. The molecule has 1 aromatic rings. The molecule has 3 heteroatoms. The van der Waals surface area contributed by atoms with Crippen LogP contribution in [-0.4, -0.2) is 18.1 Å². The number of aromatic nitrogens is 1. The Hall–Kier alpha value is -0.410. The first-order chi connectivity index (χ1) is 7.34. The molecule has 1 aromatic heterocycles. The van der Waals surface area contributed by atoms with Crippen LogP contribution in [0.2, 0.25) is 0 Å². The third-order valence-electron chi connectivity index (χ3n) is 3.13. The van der Waals surface area contributed by atoms with Crippen molar-refractivity contribution < 1.29 is 0 Å². The van der Waals surface area contributed by atoms with Crippen molar-refractivity contribution in [1.82, 2.24) is 10.3 Å². The summed E-state index contributed by atoms with van der Waals surface area (Å²) in [7, 11) is 2.02. The molecule has 16 heavy (non-hydrogen) atoms.